The molecule has 1 aliphatic heterocycles. The fraction of sp³-hybridized carbons (Fsp3) is 0.138. The lowest BCUT2D eigenvalue weighted by Crippen LogP contribution is -2.39. The van der Waals surface area contributed by atoms with Gasteiger partial charge in [-0.3, -0.25) is 9.36 Å². The van der Waals surface area contributed by atoms with Gasteiger partial charge in [0.05, 0.1) is 15.8 Å². The molecule has 8 heteroatoms. The van der Waals surface area contributed by atoms with E-state index >= 15 is 0 Å². The van der Waals surface area contributed by atoms with E-state index in [-0.39, 0.29) is 12.2 Å². The van der Waals surface area contributed by atoms with Gasteiger partial charge in [0.25, 0.3) is 5.56 Å². The first-order chi connectivity index (χ1) is 18.0. The Kier molecular flexibility index (Phi) is 7.30. The molecule has 0 spiro atoms. The Bertz CT molecular complexity index is 1630. The van der Waals surface area contributed by atoms with Crippen molar-refractivity contribution < 1.29 is 14.3 Å². The Labute approximate surface area is 221 Å². The lowest BCUT2D eigenvalue weighted by atomic mass is 10.0. The quantitative estimate of drug-likeness (QED) is 0.248. The number of thiophene rings is 1. The average Bonchev–Trinajstić information content (AvgIpc) is 3.55. The molecule has 4 aromatic rings. The van der Waals surface area contributed by atoms with Crippen molar-refractivity contribution in [3.63, 3.8) is 0 Å². The maximum absolute atomic E-state index is 13.6. The van der Waals surface area contributed by atoms with E-state index in [2.05, 4.69) is 11.6 Å². The summed E-state index contributed by atoms with van der Waals surface area (Å²) in [6.07, 6.45) is 3.35. The summed E-state index contributed by atoms with van der Waals surface area (Å²) in [7, 11) is 0. The van der Waals surface area contributed by atoms with Crippen molar-refractivity contribution in [2.45, 2.75) is 19.6 Å². The van der Waals surface area contributed by atoms with Gasteiger partial charge < -0.3 is 9.47 Å². The van der Waals surface area contributed by atoms with Crippen LogP contribution < -0.4 is 19.6 Å². The maximum Gasteiger partial charge on any atom is 0.338 e. The molecule has 0 saturated carbocycles. The highest BCUT2D eigenvalue weighted by atomic mass is 32.1. The average molecular weight is 529 g/mol. The number of ether oxygens (including phenoxy) is 2. The van der Waals surface area contributed by atoms with Crippen molar-refractivity contribution in [2.24, 2.45) is 4.99 Å². The van der Waals surface area contributed by atoms with E-state index in [4.69, 9.17) is 9.47 Å². The van der Waals surface area contributed by atoms with Crippen LogP contribution in [-0.4, -0.2) is 17.1 Å². The molecule has 1 unspecified atom stereocenters. The number of carbonyl (C=O) groups is 1. The fourth-order valence-corrected chi connectivity index (χ4v) is 5.93. The first-order valence-electron chi connectivity index (χ1n) is 11.7. The van der Waals surface area contributed by atoms with Crippen LogP contribution in [0.25, 0.3) is 6.08 Å². The number of aromatic nitrogens is 1. The maximum atomic E-state index is 13.6. The smallest absolute Gasteiger partial charge is 0.338 e. The topological polar surface area (TPSA) is 69.9 Å². The first-order valence-corrected chi connectivity index (χ1v) is 13.4. The highest BCUT2D eigenvalue weighted by Crippen LogP contribution is 2.33. The molecule has 0 N–H and O–H groups in total. The molecule has 0 bridgehead atoms. The molecule has 5 rings (SSSR count). The zero-order chi connectivity index (χ0) is 25.8. The van der Waals surface area contributed by atoms with Crippen molar-refractivity contribution in [1.29, 1.82) is 0 Å². The van der Waals surface area contributed by atoms with Crippen molar-refractivity contribution in [2.75, 3.05) is 6.61 Å². The summed E-state index contributed by atoms with van der Waals surface area (Å²) < 4.78 is 13.3. The molecular weight excluding hydrogens is 504 g/mol. The van der Waals surface area contributed by atoms with Crippen LogP contribution in [0.2, 0.25) is 0 Å². The van der Waals surface area contributed by atoms with Gasteiger partial charge in [0, 0.05) is 4.88 Å². The molecule has 3 heterocycles. The lowest BCUT2D eigenvalue weighted by molar-refractivity contribution is -0.138. The number of nitrogens with zero attached hydrogens (tertiary/aromatic N) is 2. The number of esters is 1. The number of allylic oxidation sites excluding steroid dienone is 1. The highest BCUT2D eigenvalue weighted by Gasteiger charge is 2.33. The fourth-order valence-electron chi connectivity index (χ4n) is 4.06. The Morgan fingerprint density at radius 1 is 1.11 bits per heavy atom. The van der Waals surface area contributed by atoms with E-state index in [0.29, 0.717) is 27.2 Å². The van der Waals surface area contributed by atoms with Crippen molar-refractivity contribution in [1.82, 2.24) is 4.57 Å². The summed E-state index contributed by atoms with van der Waals surface area (Å²) in [4.78, 5) is 32.6. The predicted molar refractivity (Wildman–Crippen MR) is 146 cm³/mol. The number of benzene rings is 2. The minimum atomic E-state index is -0.593. The molecule has 37 heavy (non-hydrogen) atoms. The minimum Gasteiger partial charge on any atom is -0.489 e. The van der Waals surface area contributed by atoms with Gasteiger partial charge >= 0.3 is 5.97 Å². The van der Waals surface area contributed by atoms with E-state index in [1.807, 2.05) is 78.2 Å². The molecule has 1 atom stereocenters. The van der Waals surface area contributed by atoms with Crippen LogP contribution in [-0.2, 0) is 16.1 Å². The zero-order valence-corrected chi connectivity index (χ0v) is 21.8. The van der Waals surface area contributed by atoms with Crippen LogP contribution in [0.15, 0.2) is 106 Å². The van der Waals surface area contributed by atoms with E-state index in [1.165, 1.54) is 28.7 Å². The molecule has 0 amide bonds. The number of fused-ring (bicyclic) bond motifs is 1. The Hall–Kier alpha value is -4.01. The summed E-state index contributed by atoms with van der Waals surface area (Å²) in [6, 6.07) is 20.8. The van der Waals surface area contributed by atoms with E-state index < -0.39 is 12.0 Å². The number of thiazole rings is 1. The van der Waals surface area contributed by atoms with Crippen LogP contribution in [0.4, 0.5) is 0 Å². The largest absolute Gasteiger partial charge is 0.489 e. The van der Waals surface area contributed by atoms with E-state index in [9.17, 15) is 9.59 Å². The van der Waals surface area contributed by atoms with Gasteiger partial charge in [0.2, 0.25) is 0 Å². The number of hydrogen-bond donors (Lipinski definition) is 0. The molecule has 6 nitrogen and oxygen atoms in total. The summed E-state index contributed by atoms with van der Waals surface area (Å²) in [5.41, 5.74) is 2.67. The Morgan fingerprint density at radius 2 is 1.89 bits per heavy atom. The molecule has 0 fully saturated rings. The summed E-state index contributed by atoms with van der Waals surface area (Å²) in [5.74, 6) is 0.249. The van der Waals surface area contributed by atoms with Crippen molar-refractivity contribution in [3.8, 4) is 5.75 Å². The zero-order valence-electron chi connectivity index (χ0n) is 20.1. The van der Waals surface area contributed by atoms with Gasteiger partial charge in [-0.1, -0.05) is 72.5 Å². The van der Waals surface area contributed by atoms with Crippen LogP contribution in [0.3, 0.4) is 0 Å². The Morgan fingerprint density at radius 3 is 2.59 bits per heavy atom. The van der Waals surface area contributed by atoms with Crippen LogP contribution >= 0.6 is 22.7 Å². The van der Waals surface area contributed by atoms with Gasteiger partial charge in [-0.2, -0.15) is 0 Å². The first kappa shape index (κ1) is 24.7. The number of rotatable bonds is 8. The molecule has 186 valence electrons. The van der Waals surface area contributed by atoms with E-state index in [0.717, 1.165) is 21.8 Å². The molecule has 2 aromatic carbocycles. The second-order valence-corrected chi connectivity index (χ2v) is 10.3. The normalized spacial score (nSPS) is 15.2. The minimum absolute atomic E-state index is 0.0856. The lowest BCUT2D eigenvalue weighted by Gasteiger charge is -2.23. The van der Waals surface area contributed by atoms with Crippen LogP contribution in [0, 0.1) is 0 Å². The SMILES string of the molecule is C=CCOC(=O)C1=C(C)N=c2sc(=Cc3ccc(OCc4ccccc4)cc3)c(=O)n2C1c1cccs1. The summed E-state index contributed by atoms with van der Waals surface area (Å²) in [5, 5.41) is 1.93. The molecule has 0 aliphatic carbocycles. The molecule has 0 radical (unpaired) electrons. The molecule has 0 saturated heterocycles. The molecular formula is C29H24N2O4S2. The predicted octanol–water partition coefficient (Wildman–Crippen LogP) is 4.60. The van der Waals surface area contributed by atoms with Crippen molar-refractivity contribution in [3.05, 3.63) is 132 Å². The Balaban J connectivity index is 1.47. The molecule has 2 aromatic heterocycles. The van der Waals surface area contributed by atoms with Gasteiger partial charge in [0.15, 0.2) is 4.80 Å². The summed E-state index contributed by atoms with van der Waals surface area (Å²) in [6.45, 7) is 5.95. The third kappa shape index (κ3) is 5.26. The standard InChI is InChI=1S/C29H24N2O4S2/c1-3-15-34-28(33)25-19(2)30-29-31(26(25)23-10-7-16-36-23)27(32)24(37-29)17-20-11-13-22(14-12-20)35-18-21-8-5-4-6-9-21/h3-14,16-17,26H,1,15,18H2,2H3. The van der Waals surface area contributed by atoms with Crippen LogP contribution in [0.5, 0.6) is 5.75 Å². The monoisotopic (exact) mass is 528 g/mol. The molecule has 1 aliphatic rings. The van der Waals surface area contributed by atoms with Gasteiger partial charge in [-0.15, -0.1) is 11.3 Å². The summed E-state index contributed by atoms with van der Waals surface area (Å²) >= 11 is 2.79. The number of carbonyl (C=O) groups excluding carboxylic acids is 1. The van der Waals surface area contributed by atoms with Crippen molar-refractivity contribution >= 4 is 34.7 Å². The third-order valence-electron chi connectivity index (χ3n) is 5.81. The second-order valence-electron chi connectivity index (χ2n) is 8.33. The highest BCUT2D eigenvalue weighted by molar-refractivity contribution is 7.10. The van der Waals surface area contributed by atoms with Gasteiger partial charge in [-0.05, 0) is 47.7 Å². The van der Waals surface area contributed by atoms with E-state index in [1.54, 1.807) is 11.5 Å². The third-order valence-corrected chi connectivity index (χ3v) is 7.72. The number of hydrogen-bond acceptors (Lipinski definition) is 7. The van der Waals surface area contributed by atoms with Gasteiger partial charge in [-0.25, -0.2) is 9.79 Å². The van der Waals surface area contributed by atoms with Crippen LogP contribution in [0.1, 0.15) is 29.0 Å². The van der Waals surface area contributed by atoms with Gasteiger partial charge in [0.1, 0.15) is 25.0 Å². The second kappa shape index (κ2) is 10.9.